The van der Waals surface area contributed by atoms with Gasteiger partial charge in [-0.15, -0.1) is 0 Å². The fraction of sp³-hybridized carbons (Fsp3) is 0.250. The highest BCUT2D eigenvalue weighted by Crippen LogP contribution is 2.36. The van der Waals surface area contributed by atoms with E-state index in [1.54, 1.807) is 22.6 Å². The maximum absolute atomic E-state index is 12.8. The second-order valence-electron chi connectivity index (χ2n) is 2.40. The summed E-state index contributed by atoms with van der Waals surface area (Å²) in [5.74, 6) is -4.06. The number of rotatable bonds is 2. The molecule has 0 saturated heterocycles. The maximum Gasteiger partial charge on any atom is 0.333 e. The van der Waals surface area contributed by atoms with Crippen molar-refractivity contribution in [2.75, 3.05) is 0 Å². The van der Waals surface area contributed by atoms with Crippen molar-refractivity contribution in [1.29, 1.82) is 0 Å². The zero-order chi connectivity index (χ0) is 10.1. The number of benzene rings is 1. The van der Waals surface area contributed by atoms with Crippen LogP contribution in [0.2, 0.25) is 0 Å². The van der Waals surface area contributed by atoms with E-state index in [2.05, 4.69) is 0 Å². The van der Waals surface area contributed by atoms with Gasteiger partial charge in [0, 0.05) is 9.13 Å². The van der Waals surface area contributed by atoms with Crippen molar-refractivity contribution in [3.8, 4) is 0 Å². The molecule has 72 valence electrons. The number of alkyl halides is 4. The Balaban J connectivity index is 3.14. The van der Waals surface area contributed by atoms with Crippen molar-refractivity contribution in [2.45, 2.75) is 12.3 Å². The van der Waals surface area contributed by atoms with Gasteiger partial charge in [0.15, 0.2) is 0 Å². The van der Waals surface area contributed by atoms with Gasteiger partial charge in [0.05, 0.1) is 0 Å². The number of hydrogen-bond acceptors (Lipinski definition) is 0. The van der Waals surface area contributed by atoms with Crippen molar-refractivity contribution in [2.24, 2.45) is 0 Å². The average Bonchev–Trinajstić information content (AvgIpc) is 2.04. The topological polar surface area (TPSA) is 0 Å². The molecule has 0 aliphatic carbocycles. The third kappa shape index (κ3) is 2.12. The standard InChI is InChI=1S/C8H5F4I/c9-7(10)8(11,12)5-3-1-2-4-6(5)13/h1-4,7H. The average molecular weight is 304 g/mol. The summed E-state index contributed by atoms with van der Waals surface area (Å²) in [6, 6.07) is 5.21. The minimum Gasteiger partial charge on any atom is -0.203 e. The molecule has 1 aromatic rings. The molecule has 0 N–H and O–H groups in total. The lowest BCUT2D eigenvalue weighted by molar-refractivity contribution is -0.135. The van der Waals surface area contributed by atoms with E-state index in [1.165, 1.54) is 18.2 Å². The summed E-state index contributed by atoms with van der Waals surface area (Å²) in [7, 11) is 0. The second-order valence-corrected chi connectivity index (χ2v) is 3.57. The Labute approximate surface area is 86.1 Å². The quantitative estimate of drug-likeness (QED) is 0.578. The fourth-order valence-electron chi connectivity index (χ4n) is 0.849. The molecule has 0 aromatic heterocycles. The van der Waals surface area contributed by atoms with Crippen molar-refractivity contribution in [3.63, 3.8) is 0 Å². The summed E-state index contributed by atoms with van der Waals surface area (Å²) in [5.41, 5.74) is -0.620. The molecule has 0 aliphatic heterocycles. The summed E-state index contributed by atoms with van der Waals surface area (Å²) in [6.07, 6.45) is -3.66. The molecule has 1 aromatic carbocycles. The molecule has 0 heterocycles. The molecule has 0 radical (unpaired) electrons. The molecule has 0 amide bonds. The van der Waals surface area contributed by atoms with E-state index in [0.29, 0.717) is 0 Å². The molecule has 0 saturated carbocycles. The van der Waals surface area contributed by atoms with Crippen LogP contribution >= 0.6 is 22.6 Å². The summed E-state index contributed by atoms with van der Waals surface area (Å²) < 4.78 is 49.6. The highest BCUT2D eigenvalue weighted by Gasteiger charge is 2.43. The summed E-state index contributed by atoms with van der Waals surface area (Å²) in [5, 5.41) is 0. The largest absolute Gasteiger partial charge is 0.333 e. The molecular weight excluding hydrogens is 299 g/mol. The van der Waals surface area contributed by atoms with Crippen molar-refractivity contribution in [3.05, 3.63) is 33.4 Å². The number of hydrogen-bond donors (Lipinski definition) is 0. The van der Waals surface area contributed by atoms with E-state index < -0.39 is 17.9 Å². The highest BCUT2D eigenvalue weighted by molar-refractivity contribution is 14.1. The van der Waals surface area contributed by atoms with E-state index >= 15 is 0 Å². The Morgan fingerprint density at radius 2 is 1.69 bits per heavy atom. The van der Waals surface area contributed by atoms with Gasteiger partial charge < -0.3 is 0 Å². The Hall–Kier alpha value is -0.330. The van der Waals surface area contributed by atoms with Crippen LogP contribution in [0, 0.1) is 3.57 Å². The van der Waals surface area contributed by atoms with Gasteiger partial charge in [-0.1, -0.05) is 18.2 Å². The Bertz CT molecular complexity index is 298. The van der Waals surface area contributed by atoms with E-state index in [9.17, 15) is 17.6 Å². The van der Waals surface area contributed by atoms with E-state index in [4.69, 9.17) is 0 Å². The highest BCUT2D eigenvalue weighted by atomic mass is 127. The van der Waals surface area contributed by atoms with Crippen LogP contribution < -0.4 is 0 Å². The van der Waals surface area contributed by atoms with Gasteiger partial charge in [-0.3, -0.25) is 0 Å². The van der Waals surface area contributed by atoms with Crippen molar-refractivity contribution < 1.29 is 17.6 Å². The van der Waals surface area contributed by atoms with Crippen LogP contribution in [0.4, 0.5) is 17.6 Å². The fourth-order valence-corrected chi connectivity index (χ4v) is 1.60. The summed E-state index contributed by atoms with van der Waals surface area (Å²) in [4.78, 5) is 0. The first kappa shape index (κ1) is 10.7. The second kappa shape index (κ2) is 3.81. The first-order valence-electron chi connectivity index (χ1n) is 3.37. The van der Waals surface area contributed by atoms with Crippen LogP contribution in [0.25, 0.3) is 0 Å². The Morgan fingerprint density at radius 3 is 2.15 bits per heavy atom. The van der Waals surface area contributed by atoms with Crippen LogP contribution in [0.15, 0.2) is 24.3 Å². The lowest BCUT2D eigenvalue weighted by atomic mass is 10.1. The smallest absolute Gasteiger partial charge is 0.203 e. The van der Waals surface area contributed by atoms with Crippen LogP contribution in [0.3, 0.4) is 0 Å². The van der Waals surface area contributed by atoms with Gasteiger partial charge in [0.1, 0.15) is 0 Å². The molecular formula is C8H5F4I. The Kier molecular flexibility index (Phi) is 3.15. The molecule has 0 aliphatic rings. The Morgan fingerprint density at radius 1 is 1.15 bits per heavy atom. The summed E-state index contributed by atoms with van der Waals surface area (Å²) >= 11 is 1.61. The van der Waals surface area contributed by atoms with Crippen molar-refractivity contribution in [1.82, 2.24) is 0 Å². The zero-order valence-electron chi connectivity index (χ0n) is 6.28. The molecule has 0 nitrogen and oxygen atoms in total. The van der Waals surface area contributed by atoms with Crippen LogP contribution in [-0.2, 0) is 5.92 Å². The lowest BCUT2D eigenvalue weighted by Gasteiger charge is -2.16. The molecule has 0 atom stereocenters. The van der Waals surface area contributed by atoms with Gasteiger partial charge in [-0.2, -0.15) is 8.78 Å². The third-order valence-electron chi connectivity index (χ3n) is 1.51. The maximum atomic E-state index is 12.8. The monoisotopic (exact) mass is 304 g/mol. The lowest BCUT2D eigenvalue weighted by Crippen LogP contribution is -2.24. The zero-order valence-corrected chi connectivity index (χ0v) is 8.43. The third-order valence-corrected chi connectivity index (χ3v) is 2.45. The molecule has 5 heteroatoms. The van der Waals surface area contributed by atoms with Gasteiger partial charge in [0.25, 0.3) is 0 Å². The van der Waals surface area contributed by atoms with Crippen molar-refractivity contribution >= 4 is 22.6 Å². The van der Waals surface area contributed by atoms with Gasteiger partial charge in [0.2, 0.25) is 0 Å². The molecule has 0 bridgehead atoms. The van der Waals surface area contributed by atoms with Crippen LogP contribution in [-0.4, -0.2) is 6.43 Å². The van der Waals surface area contributed by atoms with Gasteiger partial charge >= 0.3 is 12.3 Å². The molecule has 0 spiro atoms. The summed E-state index contributed by atoms with van der Waals surface area (Å²) in [6.45, 7) is 0. The molecule has 1 rings (SSSR count). The molecule has 0 fully saturated rings. The first-order valence-corrected chi connectivity index (χ1v) is 4.45. The SMILES string of the molecule is FC(F)C(F)(F)c1ccccc1I. The first-order chi connectivity index (χ1) is 5.96. The number of halogens is 5. The van der Waals surface area contributed by atoms with Gasteiger partial charge in [-0.05, 0) is 28.7 Å². The van der Waals surface area contributed by atoms with Crippen LogP contribution in [0.1, 0.15) is 5.56 Å². The predicted molar refractivity (Wildman–Crippen MR) is 49.1 cm³/mol. The minimum atomic E-state index is -4.06. The van der Waals surface area contributed by atoms with E-state index in [0.717, 1.165) is 6.07 Å². The molecule has 0 unspecified atom stereocenters. The molecule has 13 heavy (non-hydrogen) atoms. The normalized spacial score (nSPS) is 12.2. The minimum absolute atomic E-state index is 0.144. The van der Waals surface area contributed by atoms with Crippen LogP contribution in [0.5, 0.6) is 0 Å². The van der Waals surface area contributed by atoms with E-state index in [1.807, 2.05) is 0 Å². The van der Waals surface area contributed by atoms with Gasteiger partial charge in [-0.25, -0.2) is 8.78 Å². The predicted octanol–water partition coefficient (Wildman–Crippen LogP) is 3.65. The van der Waals surface area contributed by atoms with E-state index in [-0.39, 0.29) is 3.57 Å².